The number of ether oxygens (including phenoxy) is 4. The molecule has 0 aliphatic carbocycles. The Morgan fingerprint density at radius 3 is 0.866 bits per heavy atom. The molecule has 0 heterocycles. The van der Waals surface area contributed by atoms with E-state index in [-0.39, 0.29) is 25.7 Å². The second kappa shape index (κ2) is 53.3. The molecule has 0 saturated heterocycles. The van der Waals surface area contributed by atoms with Gasteiger partial charge in [0.05, 0.1) is 26.4 Å². The van der Waals surface area contributed by atoms with Crippen LogP contribution in [0, 0.1) is 23.7 Å². The molecule has 0 aromatic rings. The summed E-state index contributed by atoms with van der Waals surface area (Å²) in [4.78, 5) is 72.1. The van der Waals surface area contributed by atoms with Crippen LogP contribution in [0.15, 0.2) is 0 Å². The number of unbranched alkanes of at least 4 members (excludes halogenated alkanes) is 25. The zero-order valence-corrected chi connectivity index (χ0v) is 54.9. The minimum Gasteiger partial charge on any atom is -0.462 e. The monoisotopic (exact) mass is 1210 g/mol. The van der Waals surface area contributed by atoms with Crippen molar-refractivity contribution >= 4 is 39.5 Å². The average molecular weight is 1210 g/mol. The van der Waals surface area contributed by atoms with Gasteiger partial charge in [-0.3, -0.25) is 37.3 Å². The van der Waals surface area contributed by atoms with Crippen molar-refractivity contribution in [2.24, 2.45) is 23.7 Å². The Morgan fingerprint density at radius 1 is 0.341 bits per heavy atom. The lowest BCUT2D eigenvalue weighted by Crippen LogP contribution is -2.30. The van der Waals surface area contributed by atoms with E-state index in [2.05, 4.69) is 55.4 Å². The van der Waals surface area contributed by atoms with Crippen LogP contribution in [-0.4, -0.2) is 96.7 Å². The molecule has 19 heteroatoms. The Labute approximate surface area is 498 Å². The van der Waals surface area contributed by atoms with E-state index in [0.29, 0.717) is 31.6 Å². The molecule has 0 aromatic carbocycles. The number of phosphoric acid groups is 2. The van der Waals surface area contributed by atoms with Crippen molar-refractivity contribution in [3.05, 3.63) is 0 Å². The predicted molar refractivity (Wildman–Crippen MR) is 326 cm³/mol. The molecular weight excluding hydrogens is 1090 g/mol. The lowest BCUT2D eigenvalue weighted by Gasteiger charge is -2.21. The molecule has 0 bridgehead atoms. The summed E-state index contributed by atoms with van der Waals surface area (Å²) in [5, 5.41) is 10.5. The Morgan fingerprint density at radius 2 is 0.585 bits per heavy atom. The second-order valence-corrected chi connectivity index (χ2v) is 27.4. The van der Waals surface area contributed by atoms with Gasteiger partial charge in [-0.25, -0.2) is 9.13 Å². The molecule has 0 radical (unpaired) electrons. The zero-order chi connectivity index (χ0) is 61.1. The summed E-state index contributed by atoms with van der Waals surface area (Å²) in [5.74, 6) is 0.716. The number of carbonyl (C=O) groups excluding carboxylic acids is 4. The molecule has 82 heavy (non-hydrogen) atoms. The molecular formula is C63H122O17P2. The van der Waals surface area contributed by atoms with Crippen molar-refractivity contribution in [1.82, 2.24) is 0 Å². The van der Waals surface area contributed by atoms with Crippen LogP contribution in [0.5, 0.6) is 0 Å². The van der Waals surface area contributed by atoms with Gasteiger partial charge in [0.2, 0.25) is 0 Å². The van der Waals surface area contributed by atoms with E-state index in [4.69, 9.17) is 37.0 Å². The SMILES string of the molecule is CCC(C)CCCCCCCCC(=O)O[C@H](COC(=O)CCCCCCCCCCCC(C)C)COP(=O)(O)OC[C@@H](O)COP(=O)(O)OC[C@@H](COC(=O)CCCCCCCCC(C)C)OC(=O)CCCCCCCCCCC(C)C. The number of hydrogen-bond acceptors (Lipinski definition) is 15. The van der Waals surface area contributed by atoms with Gasteiger partial charge in [0, 0.05) is 25.7 Å². The maximum Gasteiger partial charge on any atom is 0.472 e. The first-order valence-electron chi connectivity index (χ1n) is 32.7. The van der Waals surface area contributed by atoms with Gasteiger partial charge in [-0.2, -0.15) is 0 Å². The van der Waals surface area contributed by atoms with Gasteiger partial charge >= 0.3 is 39.5 Å². The zero-order valence-electron chi connectivity index (χ0n) is 53.1. The molecule has 0 spiro atoms. The highest BCUT2D eigenvalue weighted by Crippen LogP contribution is 2.45. The van der Waals surface area contributed by atoms with E-state index >= 15 is 0 Å². The van der Waals surface area contributed by atoms with Crippen LogP contribution in [0.1, 0.15) is 299 Å². The fourth-order valence-corrected chi connectivity index (χ4v) is 10.8. The van der Waals surface area contributed by atoms with Crippen LogP contribution < -0.4 is 0 Å². The van der Waals surface area contributed by atoms with Crippen LogP contribution in [0.4, 0.5) is 0 Å². The minimum atomic E-state index is -4.94. The highest BCUT2D eigenvalue weighted by atomic mass is 31.2. The minimum absolute atomic E-state index is 0.102. The lowest BCUT2D eigenvalue weighted by atomic mass is 10.00. The number of carbonyl (C=O) groups is 4. The van der Waals surface area contributed by atoms with Crippen molar-refractivity contribution in [2.75, 3.05) is 39.6 Å². The number of phosphoric ester groups is 2. The third-order valence-corrected chi connectivity index (χ3v) is 16.6. The van der Waals surface area contributed by atoms with Gasteiger partial charge in [0.15, 0.2) is 12.2 Å². The third-order valence-electron chi connectivity index (χ3n) is 14.7. The van der Waals surface area contributed by atoms with Gasteiger partial charge in [-0.15, -0.1) is 0 Å². The third kappa shape index (κ3) is 55.9. The number of hydrogen-bond donors (Lipinski definition) is 3. The summed E-state index contributed by atoms with van der Waals surface area (Å²) in [6, 6.07) is 0. The van der Waals surface area contributed by atoms with Crippen LogP contribution in [0.2, 0.25) is 0 Å². The first-order valence-corrected chi connectivity index (χ1v) is 35.7. The van der Waals surface area contributed by atoms with Crippen LogP contribution in [0.25, 0.3) is 0 Å². The van der Waals surface area contributed by atoms with Gasteiger partial charge in [0.1, 0.15) is 19.3 Å². The van der Waals surface area contributed by atoms with Crippen molar-refractivity contribution in [1.29, 1.82) is 0 Å². The Bertz CT molecular complexity index is 1650. The molecule has 6 atom stereocenters. The fraction of sp³-hybridized carbons (Fsp3) is 0.937. The Kier molecular flexibility index (Phi) is 52.0. The van der Waals surface area contributed by atoms with E-state index in [1.807, 2.05) is 0 Å². The van der Waals surface area contributed by atoms with Gasteiger partial charge in [-0.1, -0.05) is 248 Å². The maximum atomic E-state index is 13.0. The average Bonchev–Trinajstić information content (AvgIpc) is 3.42. The van der Waals surface area contributed by atoms with E-state index in [9.17, 15) is 43.2 Å². The van der Waals surface area contributed by atoms with Crippen LogP contribution in [0.3, 0.4) is 0 Å². The van der Waals surface area contributed by atoms with Crippen molar-refractivity contribution in [3.8, 4) is 0 Å². The van der Waals surface area contributed by atoms with Crippen molar-refractivity contribution in [3.63, 3.8) is 0 Å². The molecule has 0 aliphatic heterocycles. The van der Waals surface area contributed by atoms with Crippen LogP contribution >= 0.6 is 15.6 Å². The molecule has 0 saturated carbocycles. The molecule has 17 nitrogen and oxygen atoms in total. The predicted octanol–water partition coefficient (Wildman–Crippen LogP) is 17.0. The van der Waals surface area contributed by atoms with E-state index < -0.39 is 97.5 Å². The second-order valence-electron chi connectivity index (χ2n) is 24.5. The van der Waals surface area contributed by atoms with Gasteiger partial charge < -0.3 is 33.8 Å². The highest BCUT2D eigenvalue weighted by molar-refractivity contribution is 7.47. The summed E-state index contributed by atoms with van der Waals surface area (Å²) >= 11 is 0. The smallest absolute Gasteiger partial charge is 0.462 e. The molecule has 486 valence electrons. The normalized spacial score (nSPS) is 14.8. The maximum absolute atomic E-state index is 13.0. The number of rotatable bonds is 60. The Balaban J connectivity index is 5.25. The molecule has 3 unspecified atom stereocenters. The quantitative estimate of drug-likeness (QED) is 0.0222. The standard InChI is InChI=1S/C63H122O17P2/c1-9-56(8)42-34-26-20-22-30-38-46-63(68)80-59(49-73-60(65)43-35-27-17-12-10-11-15-23-31-39-53(2)3)52-78-82(71,72)76-48-57(64)47-75-81(69,70)77-51-58(50-74-61(66)44-36-28-21-19-25-33-41-55(6)7)79-62(67)45-37-29-18-14-13-16-24-32-40-54(4)5/h53-59,64H,9-52H2,1-8H3,(H,69,70)(H,71,72)/t56?,57-,58+,59+/m0/s1. The summed E-state index contributed by atoms with van der Waals surface area (Å²) in [6.45, 7) is 13.9. The fourth-order valence-electron chi connectivity index (χ4n) is 9.22. The Hall–Kier alpha value is -1.94. The first kappa shape index (κ1) is 80.1. The summed E-state index contributed by atoms with van der Waals surface area (Å²) in [6.07, 6.45) is 32.3. The largest absolute Gasteiger partial charge is 0.472 e. The number of aliphatic hydroxyl groups is 1. The molecule has 0 aliphatic rings. The highest BCUT2D eigenvalue weighted by Gasteiger charge is 2.30. The molecule has 3 N–H and O–H groups in total. The molecule has 0 aromatic heterocycles. The van der Waals surface area contributed by atoms with Crippen molar-refractivity contribution < 1.29 is 80.2 Å². The number of esters is 4. The summed E-state index contributed by atoms with van der Waals surface area (Å²) in [7, 11) is -9.89. The lowest BCUT2D eigenvalue weighted by molar-refractivity contribution is -0.161. The summed E-state index contributed by atoms with van der Waals surface area (Å²) in [5.41, 5.74) is 0. The van der Waals surface area contributed by atoms with Crippen molar-refractivity contribution in [2.45, 2.75) is 318 Å². The van der Waals surface area contributed by atoms with E-state index in [1.54, 1.807) is 0 Å². The van der Waals surface area contributed by atoms with Gasteiger partial charge in [-0.05, 0) is 49.4 Å². The number of aliphatic hydroxyl groups excluding tert-OH is 1. The van der Waals surface area contributed by atoms with E-state index in [1.165, 1.54) is 96.3 Å². The van der Waals surface area contributed by atoms with E-state index in [0.717, 1.165) is 114 Å². The first-order chi connectivity index (χ1) is 39.1. The summed E-state index contributed by atoms with van der Waals surface area (Å²) < 4.78 is 67.9. The van der Waals surface area contributed by atoms with Crippen LogP contribution in [-0.2, 0) is 65.4 Å². The molecule has 0 rings (SSSR count). The van der Waals surface area contributed by atoms with Gasteiger partial charge in [0.25, 0.3) is 0 Å². The topological polar surface area (TPSA) is 237 Å². The molecule has 0 fully saturated rings. The molecule has 0 amide bonds.